The fourth-order valence-corrected chi connectivity index (χ4v) is 6.21. The van der Waals surface area contributed by atoms with Gasteiger partial charge >= 0.3 is 0 Å². The van der Waals surface area contributed by atoms with Crippen molar-refractivity contribution in [2.45, 2.75) is 25.7 Å². The first-order valence-electron chi connectivity index (χ1n) is 11.8. The Morgan fingerprint density at radius 1 is 0.949 bits per heavy atom. The van der Waals surface area contributed by atoms with Crippen molar-refractivity contribution in [3.63, 3.8) is 0 Å². The summed E-state index contributed by atoms with van der Waals surface area (Å²) in [6, 6.07) is 19.9. The fraction of sp³-hybridized carbons (Fsp3) is 0.143. The molecular weight excluding hydrogens is 579 g/mol. The van der Waals surface area contributed by atoms with Gasteiger partial charge in [-0.25, -0.2) is 13.8 Å². The van der Waals surface area contributed by atoms with Crippen LogP contribution in [0.2, 0.25) is 15.1 Å². The van der Waals surface area contributed by atoms with Crippen LogP contribution in [0.25, 0.3) is 5.69 Å². The van der Waals surface area contributed by atoms with Gasteiger partial charge in [-0.3, -0.25) is 9.10 Å². The number of nitrogens with one attached hydrogen (secondary N) is 1. The summed E-state index contributed by atoms with van der Waals surface area (Å²) in [4.78, 5) is 13.0. The van der Waals surface area contributed by atoms with E-state index in [9.17, 15) is 13.2 Å². The highest BCUT2D eigenvalue weighted by Crippen LogP contribution is 2.31. The van der Waals surface area contributed by atoms with E-state index < -0.39 is 22.5 Å². The van der Waals surface area contributed by atoms with Gasteiger partial charge in [0.2, 0.25) is 0 Å². The number of hydrogen-bond donors (Lipinski definition) is 1. The van der Waals surface area contributed by atoms with Crippen LogP contribution in [-0.2, 0) is 14.8 Å². The van der Waals surface area contributed by atoms with E-state index in [0.717, 1.165) is 26.9 Å². The van der Waals surface area contributed by atoms with Crippen LogP contribution in [0.4, 0.5) is 5.69 Å². The second-order valence-electron chi connectivity index (χ2n) is 8.76. The lowest BCUT2D eigenvalue weighted by Crippen LogP contribution is -2.40. The molecule has 1 amide bonds. The number of anilines is 1. The molecule has 4 aromatic rings. The Balaban J connectivity index is 1.59. The number of halogens is 3. The molecule has 0 spiro atoms. The molecule has 0 aliphatic carbocycles. The third kappa shape index (κ3) is 6.15. The second kappa shape index (κ2) is 11.8. The first-order chi connectivity index (χ1) is 18.5. The number of sulfonamides is 1. The molecule has 0 fully saturated rings. The number of carbonyl (C=O) groups is 1. The van der Waals surface area contributed by atoms with E-state index in [-0.39, 0.29) is 4.90 Å². The van der Waals surface area contributed by atoms with E-state index in [0.29, 0.717) is 26.3 Å². The van der Waals surface area contributed by atoms with Crippen LogP contribution >= 0.6 is 34.8 Å². The highest BCUT2D eigenvalue weighted by molar-refractivity contribution is 7.92. The molecule has 7 nitrogen and oxygen atoms in total. The van der Waals surface area contributed by atoms with Crippen molar-refractivity contribution in [3.8, 4) is 5.69 Å². The van der Waals surface area contributed by atoms with Gasteiger partial charge in [0.15, 0.2) is 0 Å². The fourth-order valence-electron chi connectivity index (χ4n) is 4.17. The molecule has 0 aliphatic heterocycles. The molecule has 3 aromatic carbocycles. The highest BCUT2D eigenvalue weighted by Gasteiger charge is 2.28. The molecule has 0 bridgehead atoms. The Bertz CT molecular complexity index is 1670. The van der Waals surface area contributed by atoms with Gasteiger partial charge in [0.1, 0.15) is 6.54 Å². The van der Waals surface area contributed by atoms with E-state index in [4.69, 9.17) is 34.8 Å². The zero-order chi connectivity index (χ0) is 28.3. The number of rotatable bonds is 8. The first-order valence-corrected chi connectivity index (χ1v) is 14.4. The minimum atomic E-state index is -4.08. The molecule has 1 aromatic heterocycles. The van der Waals surface area contributed by atoms with Gasteiger partial charge in [-0.15, -0.1) is 0 Å². The maximum atomic E-state index is 13.5. The summed E-state index contributed by atoms with van der Waals surface area (Å²) in [7, 11) is -4.08. The lowest BCUT2D eigenvalue weighted by atomic mass is 10.2. The van der Waals surface area contributed by atoms with E-state index in [1.807, 2.05) is 24.5 Å². The summed E-state index contributed by atoms with van der Waals surface area (Å²) in [5.74, 6) is -0.628. The third-order valence-corrected chi connectivity index (χ3v) is 8.88. The predicted octanol–water partition coefficient (Wildman–Crippen LogP) is 6.71. The van der Waals surface area contributed by atoms with Gasteiger partial charge in [0, 0.05) is 27.0 Å². The molecule has 0 radical (unpaired) electrons. The monoisotopic (exact) mass is 602 g/mol. The summed E-state index contributed by atoms with van der Waals surface area (Å²) >= 11 is 18.8. The highest BCUT2D eigenvalue weighted by atomic mass is 35.5. The van der Waals surface area contributed by atoms with Gasteiger partial charge in [0.05, 0.1) is 27.5 Å². The number of hydrogen-bond acceptors (Lipinski definition) is 4. The SMILES string of the molecule is Cc1c(Cl)cccc1N(CC(=O)N/N=C\c1cc(C)n(-c2cc(Cl)ccc2Cl)c1C)S(=O)(=O)c1ccccc1. The molecule has 11 heteroatoms. The Morgan fingerprint density at radius 2 is 1.67 bits per heavy atom. The Hall–Kier alpha value is -3.30. The normalized spacial score (nSPS) is 11.6. The lowest BCUT2D eigenvalue weighted by Gasteiger charge is -2.25. The van der Waals surface area contributed by atoms with Crippen LogP contribution < -0.4 is 9.73 Å². The van der Waals surface area contributed by atoms with Crippen molar-refractivity contribution in [3.05, 3.63) is 110 Å². The van der Waals surface area contributed by atoms with Crippen LogP contribution in [0.5, 0.6) is 0 Å². The summed E-state index contributed by atoms with van der Waals surface area (Å²) in [6.45, 7) is 5.00. The molecule has 1 N–H and O–H groups in total. The molecular formula is C28H25Cl3N4O3S. The van der Waals surface area contributed by atoms with Gasteiger partial charge < -0.3 is 4.57 Å². The molecule has 1 heterocycles. The maximum absolute atomic E-state index is 13.5. The average Bonchev–Trinajstić information content (AvgIpc) is 3.18. The van der Waals surface area contributed by atoms with E-state index in [2.05, 4.69) is 10.5 Å². The van der Waals surface area contributed by atoms with Crippen LogP contribution in [0, 0.1) is 20.8 Å². The van der Waals surface area contributed by atoms with Gasteiger partial charge in [-0.2, -0.15) is 5.10 Å². The molecule has 4 rings (SSSR count). The number of aromatic nitrogens is 1. The van der Waals surface area contributed by atoms with Crippen molar-refractivity contribution in [2.75, 3.05) is 10.8 Å². The van der Waals surface area contributed by atoms with Crippen molar-refractivity contribution in [2.24, 2.45) is 5.10 Å². The van der Waals surface area contributed by atoms with Crippen molar-refractivity contribution in [1.29, 1.82) is 0 Å². The van der Waals surface area contributed by atoms with Crippen LogP contribution in [0.3, 0.4) is 0 Å². The summed E-state index contributed by atoms with van der Waals surface area (Å²) < 4.78 is 30.0. The zero-order valence-corrected chi connectivity index (χ0v) is 24.4. The predicted molar refractivity (Wildman–Crippen MR) is 158 cm³/mol. The largest absolute Gasteiger partial charge is 0.316 e. The maximum Gasteiger partial charge on any atom is 0.264 e. The summed E-state index contributed by atoms with van der Waals surface area (Å²) in [5.41, 5.74) is 6.45. The standard InChI is InChI=1S/C28H25Cl3N4O3S/c1-18-14-21(20(3)35(18)27-15-22(29)12-13-25(27)31)16-32-33-28(36)17-34(26-11-7-10-24(30)19(26)2)39(37,38)23-8-5-4-6-9-23/h4-16H,17H2,1-3H3,(H,33,36)/b32-16-. The lowest BCUT2D eigenvalue weighted by molar-refractivity contribution is -0.119. The zero-order valence-electron chi connectivity index (χ0n) is 21.3. The smallest absolute Gasteiger partial charge is 0.264 e. The van der Waals surface area contributed by atoms with Crippen LogP contribution in [-0.4, -0.2) is 31.7 Å². The number of amides is 1. The third-order valence-electron chi connectivity index (χ3n) is 6.14. The molecule has 0 atom stereocenters. The molecule has 202 valence electrons. The number of aryl methyl sites for hydroxylation is 1. The van der Waals surface area contributed by atoms with E-state index >= 15 is 0 Å². The van der Waals surface area contributed by atoms with E-state index in [1.165, 1.54) is 18.3 Å². The van der Waals surface area contributed by atoms with Crippen LogP contribution in [0.1, 0.15) is 22.5 Å². The summed E-state index contributed by atoms with van der Waals surface area (Å²) in [5, 5.41) is 5.56. The van der Waals surface area contributed by atoms with Crippen molar-refractivity contribution in [1.82, 2.24) is 9.99 Å². The van der Waals surface area contributed by atoms with Gasteiger partial charge in [-0.05, 0) is 74.9 Å². The summed E-state index contributed by atoms with van der Waals surface area (Å²) in [6.07, 6.45) is 1.50. The average molecular weight is 604 g/mol. The van der Waals surface area contributed by atoms with Crippen LogP contribution in [0.15, 0.2) is 82.8 Å². The Labute approximate surface area is 242 Å². The Morgan fingerprint density at radius 3 is 2.38 bits per heavy atom. The van der Waals surface area contributed by atoms with Gasteiger partial charge in [-0.1, -0.05) is 59.1 Å². The number of hydrazone groups is 1. The second-order valence-corrected chi connectivity index (χ2v) is 11.9. The minimum absolute atomic E-state index is 0.0489. The van der Waals surface area contributed by atoms with Gasteiger partial charge in [0.25, 0.3) is 15.9 Å². The molecule has 0 unspecified atom stereocenters. The minimum Gasteiger partial charge on any atom is -0.316 e. The van der Waals surface area contributed by atoms with Crippen molar-refractivity contribution >= 4 is 62.6 Å². The molecule has 39 heavy (non-hydrogen) atoms. The topological polar surface area (TPSA) is 83.8 Å². The molecule has 0 saturated heterocycles. The van der Waals surface area contributed by atoms with E-state index in [1.54, 1.807) is 61.5 Å². The first kappa shape index (κ1) is 28.7. The molecule has 0 aliphatic rings. The van der Waals surface area contributed by atoms with Crippen molar-refractivity contribution < 1.29 is 13.2 Å². The number of nitrogens with zero attached hydrogens (tertiary/aromatic N) is 3. The number of carbonyl (C=O) groups excluding carboxylic acids is 1. The Kier molecular flexibility index (Phi) is 8.71. The number of benzene rings is 3. The molecule has 0 saturated carbocycles. The quantitative estimate of drug-likeness (QED) is 0.180.